The number of aromatic nitrogens is 4. The second kappa shape index (κ2) is 8.73. The Kier molecular flexibility index (Phi) is 5.70. The highest BCUT2D eigenvalue weighted by Gasteiger charge is 2.10. The largest absolute Gasteiger partial charge is 0.489 e. The van der Waals surface area contributed by atoms with Gasteiger partial charge in [-0.1, -0.05) is 31.2 Å². The highest BCUT2D eigenvalue weighted by molar-refractivity contribution is 5.78. The molecule has 0 amide bonds. The molecule has 2 aromatic carbocycles. The van der Waals surface area contributed by atoms with Gasteiger partial charge in [0.25, 0.3) is 0 Å². The number of rotatable bonds is 8. The van der Waals surface area contributed by atoms with Gasteiger partial charge in [0.05, 0.1) is 11.9 Å². The van der Waals surface area contributed by atoms with Crippen LogP contribution in [0.4, 0.5) is 0 Å². The lowest BCUT2D eigenvalue weighted by molar-refractivity contribution is -0.137. The third-order valence-electron chi connectivity index (χ3n) is 4.88. The van der Waals surface area contributed by atoms with Gasteiger partial charge in [0, 0.05) is 24.0 Å². The lowest BCUT2D eigenvalue weighted by Gasteiger charge is -2.11. The van der Waals surface area contributed by atoms with Crippen molar-refractivity contribution in [2.75, 3.05) is 0 Å². The third kappa shape index (κ3) is 4.81. The maximum Gasteiger partial charge on any atom is 0.303 e. The van der Waals surface area contributed by atoms with Crippen LogP contribution in [0.3, 0.4) is 0 Å². The summed E-state index contributed by atoms with van der Waals surface area (Å²) in [5.74, 6) is 0.635. The van der Waals surface area contributed by atoms with Crippen molar-refractivity contribution in [3.05, 3.63) is 84.1 Å². The predicted octanol–water partition coefficient (Wildman–Crippen LogP) is 4.03. The van der Waals surface area contributed by atoms with Crippen molar-refractivity contribution in [1.82, 2.24) is 19.7 Å². The fourth-order valence-corrected chi connectivity index (χ4v) is 3.28. The monoisotopic (exact) mass is 402 g/mol. The minimum atomic E-state index is -0.794. The first-order chi connectivity index (χ1) is 14.6. The topological polar surface area (TPSA) is 90.1 Å². The Labute approximate surface area is 174 Å². The van der Waals surface area contributed by atoms with Crippen LogP contribution in [0, 0.1) is 0 Å². The molecule has 2 heterocycles. The number of nitrogens with zero attached hydrogens (tertiary/aromatic N) is 4. The van der Waals surface area contributed by atoms with E-state index >= 15 is 0 Å². The molecule has 0 spiro atoms. The summed E-state index contributed by atoms with van der Waals surface area (Å²) in [5, 5.41) is 14.6. The van der Waals surface area contributed by atoms with Crippen molar-refractivity contribution in [3.63, 3.8) is 0 Å². The van der Waals surface area contributed by atoms with E-state index < -0.39 is 5.97 Å². The van der Waals surface area contributed by atoms with Crippen molar-refractivity contribution in [1.29, 1.82) is 0 Å². The van der Waals surface area contributed by atoms with Gasteiger partial charge >= 0.3 is 5.97 Å². The maximum atomic E-state index is 10.9. The normalized spacial score (nSPS) is 12.0. The highest BCUT2D eigenvalue weighted by Crippen LogP contribution is 2.23. The summed E-state index contributed by atoms with van der Waals surface area (Å²) in [6, 6.07) is 15.4. The van der Waals surface area contributed by atoms with E-state index in [0.717, 1.165) is 33.6 Å². The van der Waals surface area contributed by atoms with Crippen LogP contribution in [0.1, 0.15) is 36.2 Å². The van der Waals surface area contributed by atoms with E-state index in [1.54, 1.807) is 18.5 Å². The van der Waals surface area contributed by atoms with Crippen molar-refractivity contribution >= 4 is 16.9 Å². The Bertz CT molecular complexity index is 1140. The fraction of sp³-hybridized carbons (Fsp3) is 0.217. The summed E-state index contributed by atoms with van der Waals surface area (Å²) in [4.78, 5) is 19.3. The van der Waals surface area contributed by atoms with Crippen LogP contribution in [-0.4, -0.2) is 30.8 Å². The van der Waals surface area contributed by atoms with Gasteiger partial charge in [-0.15, -0.1) is 0 Å². The van der Waals surface area contributed by atoms with Gasteiger partial charge in [-0.3, -0.25) is 9.48 Å². The molecule has 0 bridgehead atoms. The van der Waals surface area contributed by atoms with Gasteiger partial charge in [0.15, 0.2) is 0 Å². The molecule has 0 saturated carbocycles. The van der Waals surface area contributed by atoms with Gasteiger partial charge in [0.1, 0.15) is 24.7 Å². The van der Waals surface area contributed by atoms with Crippen molar-refractivity contribution in [3.8, 4) is 5.75 Å². The lowest BCUT2D eigenvalue weighted by Crippen LogP contribution is -2.03. The van der Waals surface area contributed by atoms with Gasteiger partial charge in [-0.05, 0) is 41.3 Å². The quantitative estimate of drug-likeness (QED) is 0.479. The first kappa shape index (κ1) is 19.6. The van der Waals surface area contributed by atoms with Crippen molar-refractivity contribution < 1.29 is 14.6 Å². The Hall–Kier alpha value is -3.74. The Balaban J connectivity index is 1.40. The van der Waals surface area contributed by atoms with Gasteiger partial charge < -0.3 is 9.84 Å². The molecule has 0 aliphatic heterocycles. The van der Waals surface area contributed by atoms with Gasteiger partial charge in [-0.2, -0.15) is 5.10 Å². The fourth-order valence-electron chi connectivity index (χ4n) is 3.28. The molecule has 1 atom stereocenters. The highest BCUT2D eigenvalue weighted by atomic mass is 16.5. The van der Waals surface area contributed by atoms with Crippen LogP contribution in [0.2, 0.25) is 0 Å². The molecular weight excluding hydrogens is 380 g/mol. The van der Waals surface area contributed by atoms with Crippen LogP contribution < -0.4 is 4.74 Å². The average Bonchev–Trinajstić information content (AvgIpc) is 3.14. The molecule has 0 aliphatic rings. The predicted molar refractivity (Wildman–Crippen MR) is 112 cm³/mol. The zero-order valence-corrected chi connectivity index (χ0v) is 16.6. The van der Waals surface area contributed by atoms with Crippen LogP contribution in [0.15, 0.2) is 67.1 Å². The molecule has 0 radical (unpaired) electrons. The van der Waals surface area contributed by atoms with E-state index in [9.17, 15) is 4.79 Å². The van der Waals surface area contributed by atoms with Crippen LogP contribution in [0.25, 0.3) is 10.9 Å². The van der Waals surface area contributed by atoms with Crippen LogP contribution >= 0.6 is 0 Å². The number of hydrogen-bond acceptors (Lipinski definition) is 5. The van der Waals surface area contributed by atoms with Crippen LogP contribution in [0.5, 0.6) is 5.75 Å². The van der Waals surface area contributed by atoms with Gasteiger partial charge in [0.2, 0.25) is 0 Å². The molecule has 0 saturated heterocycles. The molecule has 1 N–H and O–H groups in total. The Morgan fingerprint density at radius 1 is 1.13 bits per heavy atom. The number of hydrogen-bond donors (Lipinski definition) is 1. The number of ether oxygens (including phenoxy) is 1. The molecule has 7 heteroatoms. The first-order valence-corrected chi connectivity index (χ1v) is 9.73. The molecule has 0 fully saturated rings. The molecule has 4 aromatic rings. The molecular formula is C23H22N4O3. The van der Waals surface area contributed by atoms with E-state index in [1.807, 2.05) is 60.3 Å². The molecule has 2 aromatic heterocycles. The zero-order valence-electron chi connectivity index (χ0n) is 16.6. The van der Waals surface area contributed by atoms with E-state index in [1.165, 1.54) is 0 Å². The SMILES string of the molecule is CC(CC(=O)O)c1ccc(OCc2ccc3cn(Cc4ncccn4)nc3c2)cc1. The van der Waals surface area contributed by atoms with Crippen molar-refractivity contribution in [2.24, 2.45) is 0 Å². The zero-order chi connectivity index (χ0) is 20.9. The van der Waals surface area contributed by atoms with E-state index in [4.69, 9.17) is 9.84 Å². The van der Waals surface area contributed by atoms with Crippen LogP contribution in [-0.2, 0) is 17.9 Å². The summed E-state index contributed by atoms with van der Waals surface area (Å²) in [7, 11) is 0. The van der Waals surface area contributed by atoms with Gasteiger partial charge in [-0.25, -0.2) is 9.97 Å². The van der Waals surface area contributed by atoms with E-state index in [2.05, 4.69) is 15.1 Å². The number of carbonyl (C=O) groups is 1. The molecule has 7 nitrogen and oxygen atoms in total. The first-order valence-electron chi connectivity index (χ1n) is 9.73. The maximum absolute atomic E-state index is 10.9. The smallest absolute Gasteiger partial charge is 0.303 e. The molecule has 4 rings (SSSR count). The van der Waals surface area contributed by atoms with E-state index in [0.29, 0.717) is 13.2 Å². The minimum absolute atomic E-state index is 0.0321. The summed E-state index contributed by atoms with van der Waals surface area (Å²) in [5.41, 5.74) is 2.90. The molecule has 152 valence electrons. The summed E-state index contributed by atoms with van der Waals surface area (Å²) < 4.78 is 7.72. The minimum Gasteiger partial charge on any atom is -0.489 e. The second-order valence-corrected chi connectivity index (χ2v) is 7.24. The second-order valence-electron chi connectivity index (χ2n) is 7.24. The van der Waals surface area contributed by atoms with E-state index in [-0.39, 0.29) is 12.3 Å². The number of fused-ring (bicyclic) bond motifs is 1. The molecule has 1 unspecified atom stereocenters. The summed E-state index contributed by atoms with van der Waals surface area (Å²) in [6.45, 7) is 2.85. The lowest BCUT2D eigenvalue weighted by atomic mass is 9.98. The average molecular weight is 402 g/mol. The molecule has 30 heavy (non-hydrogen) atoms. The summed E-state index contributed by atoms with van der Waals surface area (Å²) >= 11 is 0. The van der Waals surface area contributed by atoms with Crippen molar-refractivity contribution in [2.45, 2.75) is 32.4 Å². The standard InChI is InChI=1S/C23H22N4O3/c1-16(11-23(28)29)18-5-7-20(8-6-18)30-15-17-3-4-19-13-27(26-21(19)12-17)14-22-24-9-2-10-25-22/h2-10,12-13,16H,11,14-15H2,1H3,(H,28,29). The number of carboxylic acid groups (broad SMARTS) is 1. The number of carboxylic acids is 1. The Morgan fingerprint density at radius 2 is 1.90 bits per heavy atom. The molecule has 0 aliphatic carbocycles. The summed E-state index contributed by atoms with van der Waals surface area (Å²) in [6.07, 6.45) is 5.54. The third-order valence-corrected chi connectivity index (χ3v) is 4.88. The Morgan fingerprint density at radius 3 is 2.63 bits per heavy atom. The number of benzene rings is 2. The number of aliphatic carboxylic acids is 1.